The highest BCUT2D eigenvalue weighted by atomic mass is 16.6. The third-order valence-electron chi connectivity index (χ3n) is 2.90. The normalized spacial score (nSPS) is 16.2. The fourth-order valence-electron chi connectivity index (χ4n) is 1.98. The molecule has 1 aliphatic carbocycles. The zero-order valence-electron chi connectivity index (χ0n) is 12.0. The second-order valence-corrected chi connectivity index (χ2v) is 5.62. The highest BCUT2D eigenvalue weighted by Crippen LogP contribution is 2.39. The van der Waals surface area contributed by atoms with Gasteiger partial charge in [-0.15, -0.1) is 0 Å². The lowest BCUT2D eigenvalue weighted by Gasteiger charge is -2.40. The number of aromatic amines is 1. The van der Waals surface area contributed by atoms with E-state index in [2.05, 4.69) is 15.3 Å². The lowest BCUT2D eigenvalue weighted by Crippen LogP contribution is -2.52. The molecule has 4 N–H and O–H groups in total. The van der Waals surface area contributed by atoms with Gasteiger partial charge >= 0.3 is 13.8 Å². The Balaban J connectivity index is 0.000000612. The number of nitrogens with zero attached hydrogens (tertiary/aromatic N) is 1. The Morgan fingerprint density at radius 2 is 2.10 bits per heavy atom. The van der Waals surface area contributed by atoms with Crippen LogP contribution >= 0.6 is 0 Å². The Morgan fingerprint density at radius 1 is 1.50 bits per heavy atom. The molecule has 20 heavy (non-hydrogen) atoms. The van der Waals surface area contributed by atoms with E-state index in [1.54, 1.807) is 12.4 Å². The number of ether oxygens (including phenoxy) is 1. The van der Waals surface area contributed by atoms with Crippen molar-refractivity contribution in [3.05, 3.63) is 18.2 Å². The summed E-state index contributed by atoms with van der Waals surface area (Å²) in [6, 6.07) is 0. The van der Waals surface area contributed by atoms with Gasteiger partial charge in [0.25, 0.3) is 0 Å². The summed E-state index contributed by atoms with van der Waals surface area (Å²) in [5, 5.41) is 16.9. The van der Waals surface area contributed by atoms with E-state index in [1.165, 1.54) is 0 Å². The molecule has 0 bridgehead atoms. The van der Waals surface area contributed by atoms with Crippen molar-refractivity contribution in [2.45, 2.75) is 51.2 Å². The van der Waals surface area contributed by atoms with Crippen LogP contribution in [0.2, 0.25) is 0 Å². The van der Waals surface area contributed by atoms with Crippen molar-refractivity contribution in [1.82, 2.24) is 15.3 Å². The van der Waals surface area contributed by atoms with Crippen molar-refractivity contribution >= 4 is 13.8 Å². The summed E-state index contributed by atoms with van der Waals surface area (Å²) in [7, 11) is 0. The van der Waals surface area contributed by atoms with Gasteiger partial charge in [-0.1, -0.05) is 0 Å². The summed E-state index contributed by atoms with van der Waals surface area (Å²) in [6.07, 6.45) is 5.99. The number of hydrogen-bond acceptors (Lipinski definition) is 5. The van der Waals surface area contributed by atoms with Crippen molar-refractivity contribution in [2.75, 3.05) is 0 Å². The van der Waals surface area contributed by atoms with Crippen LogP contribution in [0.25, 0.3) is 0 Å². The molecule has 0 aromatic carbocycles. The second-order valence-electron chi connectivity index (χ2n) is 5.62. The molecule has 8 heteroatoms. The predicted molar refractivity (Wildman–Crippen MR) is 73.7 cm³/mol. The molecular weight excluding hydrogens is 261 g/mol. The molecule has 0 saturated heterocycles. The van der Waals surface area contributed by atoms with Gasteiger partial charge in [-0.3, -0.25) is 0 Å². The molecule has 1 amide bonds. The van der Waals surface area contributed by atoms with Crippen LogP contribution in [0.15, 0.2) is 12.4 Å². The van der Waals surface area contributed by atoms with Crippen LogP contribution in [0.4, 0.5) is 4.79 Å². The average molecular weight is 282 g/mol. The second kappa shape index (κ2) is 6.76. The van der Waals surface area contributed by atoms with Gasteiger partial charge in [0.2, 0.25) is 0 Å². The molecule has 7 nitrogen and oxygen atoms in total. The zero-order chi connectivity index (χ0) is 15.2. The number of carbonyl (C=O) groups is 1. The predicted octanol–water partition coefficient (Wildman–Crippen LogP) is 0.819. The third kappa shape index (κ3) is 4.54. The number of amides is 1. The van der Waals surface area contributed by atoms with Crippen molar-refractivity contribution in [3.8, 4) is 0 Å². The maximum atomic E-state index is 11.8. The molecular formula is C12H21BN3O4. The Kier molecular flexibility index (Phi) is 5.58. The van der Waals surface area contributed by atoms with Crippen LogP contribution in [-0.4, -0.2) is 39.4 Å². The van der Waals surface area contributed by atoms with Gasteiger partial charge in [-0.05, 0) is 40.0 Å². The molecule has 0 spiro atoms. The van der Waals surface area contributed by atoms with E-state index < -0.39 is 5.60 Å². The number of hydrogen-bond donors (Lipinski definition) is 4. The maximum Gasteiger partial charge on any atom is 0.482 e. The lowest BCUT2D eigenvalue weighted by atomic mass is 9.76. The molecule has 1 aliphatic rings. The van der Waals surface area contributed by atoms with E-state index in [0.717, 1.165) is 25.1 Å². The fraction of sp³-hybridized carbons (Fsp3) is 0.667. The van der Waals surface area contributed by atoms with Crippen molar-refractivity contribution in [1.29, 1.82) is 0 Å². The quantitative estimate of drug-likeness (QED) is 0.601. The van der Waals surface area contributed by atoms with Crippen LogP contribution in [0.1, 0.15) is 45.9 Å². The lowest BCUT2D eigenvalue weighted by molar-refractivity contribution is 0.0366. The summed E-state index contributed by atoms with van der Waals surface area (Å²) in [5.41, 5.74) is -0.829. The Bertz CT molecular complexity index is 413. The molecule has 1 fully saturated rings. The van der Waals surface area contributed by atoms with Gasteiger partial charge in [0.05, 0.1) is 0 Å². The monoisotopic (exact) mass is 282 g/mol. The number of alkyl carbamates (subject to hydrolysis) is 1. The molecule has 1 aromatic heterocycles. The Labute approximate surface area is 119 Å². The van der Waals surface area contributed by atoms with Gasteiger partial charge < -0.3 is 25.1 Å². The smallest absolute Gasteiger partial charge is 0.444 e. The summed E-state index contributed by atoms with van der Waals surface area (Å²) in [6.45, 7) is 5.56. The van der Waals surface area contributed by atoms with Crippen LogP contribution in [0.5, 0.6) is 0 Å². The largest absolute Gasteiger partial charge is 0.482 e. The van der Waals surface area contributed by atoms with Crippen LogP contribution in [0, 0.1) is 0 Å². The van der Waals surface area contributed by atoms with E-state index >= 15 is 0 Å². The zero-order valence-corrected chi connectivity index (χ0v) is 12.0. The first-order valence-electron chi connectivity index (χ1n) is 6.44. The third-order valence-corrected chi connectivity index (χ3v) is 2.90. The molecule has 111 valence electrons. The molecule has 2 rings (SSSR count). The van der Waals surface area contributed by atoms with E-state index in [4.69, 9.17) is 14.8 Å². The fourth-order valence-corrected chi connectivity index (χ4v) is 1.98. The Morgan fingerprint density at radius 3 is 2.45 bits per heavy atom. The van der Waals surface area contributed by atoms with E-state index in [-0.39, 0.29) is 19.3 Å². The summed E-state index contributed by atoms with van der Waals surface area (Å²) in [4.78, 5) is 19.1. The van der Waals surface area contributed by atoms with Gasteiger partial charge in [-0.25, -0.2) is 9.78 Å². The first-order valence-corrected chi connectivity index (χ1v) is 6.44. The van der Waals surface area contributed by atoms with Crippen LogP contribution in [-0.2, 0) is 10.3 Å². The van der Waals surface area contributed by atoms with Crippen molar-refractivity contribution in [2.24, 2.45) is 0 Å². The topological polar surface area (TPSA) is 107 Å². The van der Waals surface area contributed by atoms with E-state index in [0.29, 0.717) is 0 Å². The van der Waals surface area contributed by atoms with Crippen molar-refractivity contribution < 1.29 is 19.6 Å². The average Bonchev–Trinajstić information content (AvgIpc) is 2.75. The summed E-state index contributed by atoms with van der Waals surface area (Å²) < 4.78 is 5.28. The standard InChI is InChI=1S/C12H19N3O2.BH2O2/c1-11(2,3)17-10(16)15-12(5-4-6-12)9-13-7-8-14-9;2-1-3/h7-8H,4-6H2,1-3H3,(H,13,14)(H,15,16);2-3H. The SMILES string of the molecule is CC(C)(C)OC(=O)NC1(c2ncc[nH]2)CCC1.O[B]O. The molecule has 1 radical (unpaired) electrons. The number of carbonyl (C=O) groups excluding carboxylic acids is 1. The maximum absolute atomic E-state index is 11.8. The number of imidazole rings is 1. The number of H-pyrrole nitrogens is 1. The molecule has 0 unspecified atom stereocenters. The van der Waals surface area contributed by atoms with E-state index in [1.807, 2.05) is 20.8 Å². The van der Waals surface area contributed by atoms with Crippen LogP contribution < -0.4 is 5.32 Å². The first-order chi connectivity index (χ1) is 9.33. The Hall–Kier alpha value is -1.54. The van der Waals surface area contributed by atoms with Crippen LogP contribution in [0.3, 0.4) is 0 Å². The number of aromatic nitrogens is 2. The van der Waals surface area contributed by atoms with Crippen molar-refractivity contribution in [3.63, 3.8) is 0 Å². The molecule has 1 saturated carbocycles. The van der Waals surface area contributed by atoms with Gasteiger partial charge in [0.15, 0.2) is 0 Å². The molecule has 0 atom stereocenters. The molecule has 1 heterocycles. The van der Waals surface area contributed by atoms with Gasteiger partial charge in [0.1, 0.15) is 17.0 Å². The van der Waals surface area contributed by atoms with Gasteiger partial charge in [0, 0.05) is 12.4 Å². The minimum atomic E-state index is -0.474. The number of rotatable bonds is 2. The molecule has 1 aromatic rings. The minimum absolute atomic E-state index is 0. The highest BCUT2D eigenvalue weighted by Gasteiger charge is 2.43. The molecule has 0 aliphatic heterocycles. The highest BCUT2D eigenvalue weighted by molar-refractivity contribution is 6.13. The summed E-state index contributed by atoms with van der Waals surface area (Å²) in [5.74, 6) is 0.814. The first kappa shape index (κ1) is 16.5. The summed E-state index contributed by atoms with van der Waals surface area (Å²) >= 11 is 0. The minimum Gasteiger partial charge on any atom is -0.444 e. The van der Waals surface area contributed by atoms with E-state index in [9.17, 15) is 4.79 Å². The van der Waals surface area contributed by atoms with Gasteiger partial charge in [-0.2, -0.15) is 0 Å². The number of nitrogens with one attached hydrogen (secondary N) is 2.